The summed E-state index contributed by atoms with van der Waals surface area (Å²) in [5.74, 6) is -0.227. The van der Waals surface area contributed by atoms with Gasteiger partial charge in [-0.2, -0.15) is 8.78 Å². The van der Waals surface area contributed by atoms with Crippen molar-refractivity contribution >= 4 is 12.6 Å². The molecule has 0 aliphatic heterocycles. The highest BCUT2D eigenvalue weighted by Crippen LogP contribution is 2.27. The Hall–Kier alpha value is -1.98. The first kappa shape index (κ1) is 12.1. The SMILES string of the molecule is COc1cc(OC(F)F)cc(C=O)c1C=O. The zero-order valence-electron chi connectivity index (χ0n) is 8.28. The van der Waals surface area contributed by atoms with Crippen molar-refractivity contribution in [3.63, 3.8) is 0 Å². The second kappa shape index (κ2) is 5.20. The van der Waals surface area contributed by atoms with Crippen molar-refractivity contribution in [2.24, 2.45) is 0 Å². The van der Waals surface area contributed by atoms with E-state index in [1.54, 1.807) is 0 Å². The summed E-state index contributed by atoms with van der Waals surface area (Å²) in [5, 5.41) is 0. The number of carbonyl (C=O) groups is 2. The number of benzene rings is 1. The molecule has 0 N–H and O–H groups in total. The van der Waals surface area contributed by atoms with Crippen molar-refractivity contribution in [1.82, 2.24) is 0 Å². The Labute approximate surface area is 89.8 Å². The van der Waals surface area contributed by atoms with Gasteiger partial charge >= 0.3 is 6.61 Å². The number of aldehydes is 2. The number of hydrogen-bond acceptors (Lipinski definition) is 4. The maximum Gasteiger partial charge on any atom is 0.387 e. The van der Waals surface area contributed by atoms with E-state index >= 15 is 0 Å². The largest absolute Gasteiger partial charge is 0.496 e. The summed E-state index contributed by atoms with van der Waals surface area (Å²) < 4.78 is 32.8. The third-order valence-electron chi connectivity index (χ3n) is 1.84. The van der Waals surface area contributed by atoms with Crippen molar-refractivity contribution < 1.29 is 27.8 Å². The number of methoxy groups -OCH3 is 1. The number of hydrogen-bond donors (Lipinski definition) is 0. The lowest BCUT2D eigenvalue weighted by Crippen LogP contribution is -2.04. The highest BCUT2D eigenvalue weighted by Gasteiger charge is 2.13. The molecule has 0 aromatic heterocycles. The molecule has 0 amide bonds. The van der Waals surface area contributed by atoms with Gasteiger partial charge in [0.1, 0.15) is 11.5 Å². The minimum Gasteiger partial charge on any atom is -0.496 e. The summed E-state index contributed by atoms with van der Waals surface area (Å²) >= 11 is 0. The molecular weight excluding hydrogens is 222 g/mol. The van der Waals surface area contributed by atoms with Crippen LogP contribution in [0.3, 0.4) is 0 Å². The zero-order valence-corrected chi connectivity index (χ0v) is 8.28. The van der Waals surface area contributed by atoms with Crippen LogP contribution in [0, 0.1) is 0 Å². The molecule has 0 fully saturated rings. The molecule has 0 heterocycles. The van der Waals surface area contributed by atoms with Crippen LogP contribution in [0.25, 0.3) is 0 Å². The quantitative estimate of drug-likeness (QED) is 0.725. The Bertz CT molecular complexity index is 404. The number of halogens is 2. The molecule has 1 rings (SSSR count). The van der Waals surface area contributed by atoms with Gasteiger partial charge in [0, 0.05) is 11.6 Å². The van der Waals surface area contributed by atoms with Gasteiger partial charge < -0.3 is 9.47 Å². The predicted octanol–water partition coefficient (Wildman–Crippen LogP) is 1.92. The Morgan fingerprint density at radius 2 is 1.94 bits per heavy atom. The summed E-state index contributed by atoms with van der Waals surface area (Å²) in [6.07, 6.45) is 0.777. The smallest absolute Gasteiger partial charge is 0.387 e. The topological polar surface area (TPSA) is 52.6 Å². The van der Waals surface area contributed by atoms with Gasteiger partial charge in [0.15, 0.2) is 12.6 Å². The van der Waals surface area contributed by atoms with Crippen molar-refractivity contribution in [2.45, 2.75) is 6.61 Å². The number of carbonyl (C=O) groups excluding carboxylic acids is 2. The average molecular weight is 230 g/mol. The monoisotopic (exact) mass is 230 g/mol. The second-order valence-electron chi connectivity index (χ2n) is 2.74. The highest BCUT2D eigenvalue weighted by molar-refractivity contribution is 5.93. The molecule has 0 saturated heterocycles. The zero-order chi connectivity index (χ0) is 12.1. The summed E-state index contributed by atoms with van der Waals surface area (Å²) in [5.41, 5.74) is -0.0656. The fourth-order valence-electron chi connectivity index (χ4n) is 1.19. The van der Waals surface area contributed by atoms with Gasteiger partial charge in [-0.15, -0.1) is 0 Å². The normalized spacial score (nSPS) is 10.0. The Balaban J connectivity index is 3.25. The molecule has 0 aliphatic rings. The molecule has 0 atom stereocenters. The molecule has 86 valence electrons. The molecule has 1 aromatic carbocycles. The Morgan fingerprint density at radius 1 is 1.25 bits per heavy atom. The van der Waals surface area contributed by atoms with Crippen LogP contribution < -0.4 is 9.47 Å². The maximum atomic E-state index is 12.0. The van der Waals surface area contributed by atoms with E-state index in [1.165, 1.54) is 7.11 Å². The van der Waals surface area contributed by atoms with E-state index in [9.17, 15) is 18.4 Å². The van der Waals surface area contributed by atoms with Crippen LogP contribution in [0.15, 0.2) is 12.1 Å². The highest BCUT2D eigenvalue weighted by atomic mass is 19.3. The Kier molecular flexibility index (Phi) is 3.93. The third kappa shape index (κ3) is 2.53. The summed E-state index contributed by atoms with van der Waals surface area (Å²) in [6, 6.07) is 2.16. The fraction of sp³-hybridized carbons (Fsp3) is 0.200. The van der Waals surface area contributed by atoms with Crippen LogP contribution in [-0.4, -0.2) is 26.3 Å². The standard InChI is InChI=1S/C10H8F2O4/c1-15-9-3-7(16-10(11)12)2-6(4-13)8(9)5-14/h2-5,10H,1H3. The minimum absolute atomic E-state index is 0.000818. The molecule has 0 spiro atoms. The molecule has 16 heavy (non-hydrogen) atoms. The molecule has 0 unspecified atom stereocenters. The van der Waals surface area contributed by atoms with Crippen LogP contribution in [0.5, 0.6) is 11.5 Å². The van der Waals surface area contributed by atoms with Gasteiger partial charge in [-0.3, -0.25) is 9.59 Å². The van der Waals surface area contributed by atoms with Crippen LogP contribution in [-0.2, 0) is 0 Å². The number of ether oxygens (including phenoxy) is 2. The van der Waals surface area contributed by atoms with E-state index in [-0.39, 0.29) is 22.6 Å². The molecule has 4 nitrogen and oxygen atoms in total. The van der Waals surface area contributed by atoms with E-state index in [0.29, 0.717) is 12.6 Å². The van der Waals surface area contributed by atoms with E-state index in [0.717, 1.165) is 12.1 Å². The Morgan fingerprint density at radius 3 is 2.38 bits per heavy atom. The van der Waals surface area contributed by atoms with E-state index < -0.39 is 6.61 Å². The van der Waals surface area contributed by atoms with Crippen molar-refractivity contribution in [3.8, 4) is 11.5 Å². The molecular formula is C10H8F2O4. The van der Waals surface area contributed by atoms with Crippen molar-refractivity contribution in [2.75, 3.05) is 7.11 Å². The van der Waals surface area contributed by atoms with Gasteiger partial charge in [-0.1, -0.05) is 0 Å². The van der Waals surface area contributed by atoms with Crippen molar-refractivity contribution in [3.05, 3.63) is 23.3 Å². The number of alkyl halides is 2. The van der Waals surface area contributed by atoms with Gasteiger partial charge in [-0.25, -0.2) is 0 Å². The van der Waals surface area contributed by atoms with E-state index in [2.05, 4.69) is 4.74 Å². The number of rotatable bonds is 5. The first-order valence-electron chi connectivity index (χ1n) is 4.19. The van der Waals surface area contributed by atoms with Crippen LogP contribution >= 0.6 is 0 Å². The fourth-order valence-corrected chi connectivity index (χ4v) is 1.19. The molecule has 0 aliphatic carbocycles. The van der Waals surface area contributed by atoms with Crippen LogP contribution in [0.1, 0.15) is 20.7 Å². The lowest BCUT2D eigenvalue weighted by molar-refractivity contribution is -0.0499. The minimum atomic E-state index is -3.01. The van der Waals surface area contributed by atoms with Gasteiger partial charge in [0.2, 0.25) is 0 Å². The summed E-state index contributed by atoms with van der Waals surface area (Å²) in [6.45, 7) is -3.01. The maximum absolute atomic E-state index is 12.0. The third-order valence-corrected chi connectivity index (χ3v) is 1.84. The lowest BCUT2D eigenvalue weighted by Gasteiger charge is -2.10. The van der Waals surface area contributed by atoms with Crippen molar-refractivity contribution in [1.29, 1.82) is 0 Å². The first-order valence-corrected chi connectivity index (χ1v) is 4.19. The summed E-state index contributed by atoms with van der Waals surface area (Å²) in [7, 11) is 1.25. The molecule has 1 aromatic rings. The average Bonchev–Trinajstić information content (AvgIpc) is 2.26. The van der Waals surface area contributed by atoms with Gasteiger partial charge in [-0.05, 0) is 6.07 Å². The molecule has 0 bridgehead atoms. The van der Waals surface area contributed by atoms with E-state index in [4.69, 9.17) is 4.74 Å². The van der Waals surface area contributed by atoms with Crippen LogP contribution in [0.4, 0.5) is 8.78 Å². The summed E-state index contributed by atoms with van der Waals surface area (Å²) in [4.78, 5) is 21.3. The lowest BCUT2D eigenvalue weighted by atomic mass is 10.1. The molecule has 0 radical (unpaired) electrons. The molecule has 6 heteroatoms. The van der Waals surface area contributed by atoms with Crippen LogP contribution in [0.2, 0.25) is 0 Å². The molecule has 0 saturated carbocycles. The van der Waals surface area contributed by atoms with Gasteiger partial charge in [0.25, 0.3) is 0 Å². The predicted molar refractivity (Wildman–Crippen MR) is 50.4 cm³/mol. The first-order chi connectivity index (χ1) is 7.62. The second-order valence-corrected chi connectivity index (χ2v) is 2.74. The van der Waals surface area contributed by atoms with E-state index in [1.807, 2.05) is 0 Å². The van der Waals surface area contributed by atoms with Gasteiger partial charge in [0.05, 0.1) is 12.7 Å².